The third kappa shape index (κ3) is 6.08. The number of hydrogen-bond donors (Lipinski definition) is 1. The second kappa shape index (κ2) is 9.30. The van der Waals surface area contributed by atoms with Crippen LogP contribution in [0, 0.1) is 11.7 Å². The number of hydrogen-bond acceptors (Lipinski definition) is 3. The highest BCUT2D eigenvalue weighted by molar-refractivity contribution is 5.92. The third-order valence-corrected chi connectivity index (χ3v) is 5.40. The van der Waals surface area contributed by atoms with E-state index in [4.69, 9.17) is 0 Å². The van der Waals surface area contributed by atoms with Gasteiger partial charge in [0.2, 0.25) is 5.91 Å². The lowest BCUT2D eigenvalue weighted by molar-refractivity contribution is -0.117. The van der Waals surface area contributed by atoms with Crippen molar-refractivity contribution in [1.82, 2.24) is 9.80 Å². The van der Waals surface area contributed by atoms with E-state index < -0.39 is 0 Å². The molecule has 1 N–H and O–H groups in total. The zero-order valence-corrected chi connectivity index (χ0v) is 15.1. The van der Waals surface area contributed by atoms with Gasteiger partial charge in [-0.25, -0.2) is 4.39 Å². The predicted octanol–water partition coefficient (Wildman–Crippen LogP) is 3.35. The smallest absolute Gasteiger partial charge is 0.238 e. The first-order chi connectivity index (χ1) is 12.2. The Balaban J connectivity index is 1.37. The van der Waals surface area contributed by atoms with Crippen molar-refractivity contribution in [3.63, 3.8) is 0 Å². The Morgan fingerprint density at radius 1 is 1.04 bits per heavy atom. The van der Waals surface area contributed by atoms with Crippen LogP contribution in [0.5, 0.6) is 0 Å². The van der Waals surface area contributed by atoms with Gasteiger partial charge in [0.25, 0.3) is 0 Å². The van der Waals surface area contributed by atoms with Gasteiger partial charge < -0.3 is 10.2 Å². The first kappa shape index (κ1) is 18.3. The molecule has 2 heterocycles. The Kier molecular flexibility index (Phi) is 6.82. The second-order valence-electron chi connectivity index (χ2n) is 7.49. The summed E-state index contributed by atoms with van der Waals surface area (Å²) in [5.41, 5.74) is 0.529. The van der Waals surface area contributed by atoms with Gasteiger partial charge in [0.05, 0.1) is 6.54 Å². The Hall–Kier alpha value is -1.46. The van der Waals surface area contributed by atoms with Gasteiger partial charge >= 0.3 is 0 Å². The van der Waals surface area contributed by atoms with E-state index in [0.29, 0.717) is 12.2 Å². The van der Waals surface area contributed by atoms with Gasteiger partial charge in [0, 0.05) is 12.2 Å². The maximum atomic E-state index is 13.2. The number of anilines is 1. The van der Waals surface area contributed by atoms with Crippen molar-refractivity contribution in [2.45, 2.75) is 38.5 Å². The van der Waals surface area contributed by atoms with Crippen LogP contribution >= 0.6 is 0 Å². The Morgan fingerprint density at radius 2 is 1.76 bits per heavy atom. The first-order valence-electron chi connectivity index (χ1n) is 9.69. The summed E-state index contributed by atoms with van der Waals surface area (Å²) in [6.45, 7) is 6.10. The summed E-state index contributed by atoms with van der Waals surface area (Å²) < 4.78 is 13.2. The average molecular weight is 347 g/mol. The van der Waals surface area contributed by atoms with Gasteiger partial charge in [-0.05, 0) is 76.0 Å². The average Bonchev–Trinajstić information content (AvgIpc) is 2.85. The van der Waals surface area contributed by atoms with Gasteiger partial charge in [-0.2, -0.15) is 0 Å². The highest BCUT2D eigenvalue weighted by Crippen LogP contribution is 2.20. The highest BCUT2D eigenvalue weighted by atomic mass is 19.1. The molecule has 0 saturated carbocycles. The number of benzene rings is 1. The standard InChI is InChI=1S/C20H30FN3O/c21-18-6-5-7-19(14-18)22-20(25)16-24-12-8-17(9-13-24)15-23-10-3-1-2-4-11-23/h5-7,14,17H,1-4,8-13,15-16H2,(H,22,25). The van der Waals surface area contributed by atoms with Crippen molar-refractivity contribution < 1.29 is 9.18 Å². The van der Waals surface area contributed by atoms with Gasteiger partial charge in [0.15, 0.2) is 0 Å². The van der Waals surface area contributed by atoms with Gasteiger partial charge in [-0.3, -0.25) is 9.69 Å². The summed E-state index contributed by atoms with van der Waals surface area (Å²) >= 11 is 0. The van der Waals surface area contributed by atoms with Crippen LogP contribution in [-0.4, -0.2) is 55.0 Å². The van der Waals surface area contributed by atoms with E-state index in [-0.39, 0.29) is 11.7 Å². The number of nitrogens with zero attached hydrogens (tertiary/aromatic N) is 2. The van der Waals surface area contributed by atoms with Crippen LogP contribution in [0.15, 0.2) is 24.3 Å². The van der Waals surface area contributed by atoms with E-state index in [0.717, 1.165) is 19.0 Å². The zero-order chi connectivity index (χ0) is 17.5. The minimum absolute atomic E-state index is 0.0587. The lowest BCUT2D eigenvalue weighted by atomic mass is 9.96. The fraction of sp³-hybridized carbons (Fsp3) is 0.650. The molecule has 5 heteroatoms. The van der Waals surface area contributed by atoms with Crippen molar-refractivity contribution in [3.05, 3.63) is 30.1 Å². The predicted molar refractivity (Wildman–Crippen MR) is 99.1 cm³/mol. The number of likely N-dealkylation sites (tertiary alicyclic amines) is 2. The van der Waals surface area contributed by atoms with Crippen LogP contribution in [0.2, 0.25) is 0 Å². The summed E-state index contributed by atoms with van der Waals surface area (Å²) in [5, 5.41) is 2.79. The van der Waals surface area contributed by atoms with Crippen LogP contribution in [0.3, 0.4) is 0 Å². The number of halogens is 1. The molecule has 0 unspecified atom stereocenters. The number of rotatable bonds is 5. The molecule has 3 rings (SSSR count). The summed E-state index contributed by atoms with van der Waals surface area (Å²) in [6.07, 6.45) is 7.80. The molecule has 2 fully saturated rings. The summed E-state index contributed by atoms with van der Waals surface area (Å²) in [5.74, 6) is 0.379. The maximum Gasteiger partial charge on any atom is 0.238 e. The van der Waals surface area contributed by atoms with E-state index in [1.807, 2.05) is 0 Å². The molecular weight excluding hydrogens is 317 g/mol. The first-order valence-corrected chi connectivity index (χ1v) is 9.69. The van der Waals surface area contributed by atoms with Gasteiger partial charge in [-0.1, -0.05) is 18.9 Å². The molecule has 2 saturated heterocycles. The molecule has 138 valence electrons. The molecule has 2 aliphatic heterocycles. The molecule has 0 aliphatic carbocycles. The number of carbonyl (C=O) groups is 1. The van der Waals surface area contributed by atoms with Crippen LogP contribution in [0.1, 0.15) is 38.5 Å². The molecule has 1 amide bonds. The molecular formula is C20H30FN3O. The van der Waals surface area contributed by atoms with Crippen LogP contribution < -0.4 is 5.32 Å². The van der Waals surface area contributed by atoms with Gasteiger partial charge in [0.1, 0.15) is 5.82 Å². The van der Waals surface area contributed by atoms with E-state index in [9.17, 15) is 9.18 Å². The summed E-state index contributed by atoms with van der Waals surface area (Å²) in [4.78, 5) is 17.0. The zero-order valence-electron chi connectivity index (χ0n) is 15.1. The van der Waals surface area contributed by atoms with Crippen molar-refractivity contribution in [2.24, 2.45) is 5.92 Å². The highest BCUT2D eigenvalue weighted by Gasteiger charge is 2.23. The van der Waals surface area contributed by atoms with E-state index in [1.54, 1.807) is 12.1 Å². The minimum Gasteiger partial charge on any atom is -0.325 e. The molecule has 0 radical (unpaired) electrons. The molecule has 25 heavy (non-hydrogen) atoms. The largest absolute Gasteiger partial charge is 0.325 e. The molecule has 0 atom stereocenters. The Morgan fingerprint density at radius 3 is 2.44 bits per heavy atom. The normalized spacial score (nSPS) is 21.0. The van der Waals surface area contributed by atoms with Crippen LogP contribution in [-0.2, 0) is 4.79 Å². The number of piperidine rings is 1. The van der Waals surface area contributed by atoms with Crippen molar-refractivity contribution in [2.75, 3.05) is 44.6 Å². The molecule has 4 nitrogen and oxygen atoms in total. The Bertz CT molecular complexity index is 550. The van der Waals surface area contributed by atoms with Crippen molar-refractivity contribution in [1.29, 1.82) is 0 Å². The van der Waals surface area contributed by atoms with Crippen molar-refractivity contribution >= 4 is 11.6 Å². The van der Waals surface area contributed by atoms with Crippen LogP contribution in [0.4, 0.5) is 10.1 Å². The summed E-state index contributed by atoms with van der Waals surface area (Å²) in [7, 11) is 0. The maximum absolute atomic E-state index is 13.2. The summed E-state index contributed by atoms with van der Waals surface area (Å²) in [6, 6.07) is 6.06. The van der Waals surface area contributed by atoms with E-state index in [1.165, 1.54) is 70.3 Å². The number of nitrogens with one attached hydrogen (secondary N) is 1. The molecule has 0 bridgehead atoms. The topological polar surface area (TPSA) is 35.6 Å². The molecule has 2 aliphatic rings. The molecule has 1 aromatic carbocycles. The van der Waals surface area contributed by atoms with Crippen LogP contribution in [0.25, 0.3) is 0 Å². The lowest BCUT2D eigenvalue weighted by Gasteiger charge is -2.34. The third-order valence-electron chi connectivity index (χ3n) is 5.40. The van der Waals surface area contributed by atoms with E-state index >= 15 is 0 Å². The van der Waals surface area contributed by atoms with Crippen molar-refractivity contribution in [3.8, 4) is 0 Å². The minimum atomic E-state index is -0.327. The quantitative estimate of drug-likeness (QED) is 0.887. The monoisotopic (exact) mass is 347 g/mol. The molecule has 0 aromatic heterocycles. The number of carbonyl (C=O) groups excluding carboxylic acids is 1. The molecule has 0 spiro atoms. The molecule has 1 aromatic rings. The second-order valence-corrected chi connectivity index (χ2v) is 7.49. The van der Waals surface area contributed by atoms with Gasteiger partial charge in [-0.15, -0.1) is 0 Å². The fourth-order valence-corrected chi connectivity index (χ4v) is 3.98. The van der Waals surface area contributed by atoms with E-state index in [2.05, 4.69) is 15.1 Å². The Labute approximate surface area is 150 Å². The lowest BCUT2D eigenvalue weighted by Crippen LogP contribution is -2.42. The SMILES string of the molecule is O=C(CN1CCC(CN2CCCCCC2)CC1)Nc1cccc(F)c1. The number of amides is 1. The fourth-order valence-electron chi connectivity index (χ4n) is 3.98.